The van der Waals surface area contributed by atoms with Gasteiger partial charge in [-0.1, -0.05) is 12.8 Å². The van der Waals surface area contributed by atoms with E-state index in [4.69, 9.17) is 4.74 Å². The summed E-state index contributed by atoms with van der Waals surface area (Å²) in [7, 11) is 0. The van der Waals surface area contributed by atoms with Gasteiger partial charge in [0.15, 0.2) is 0 Å². The van der Waals surface area contributed by atoms with Crippen LogP contribution < -0.4 is 10.1 Å². The summed E-state index contributed by atoms with van der Waals surface area (Å²) < 4.78 is 5.36. The molecule has 4 heteroatoms. The number of hydrogen-bond donors (Lipinski definition) is 2. The summed E-state index contributed by atoms with van der Waals surface area (Å²) in [4.78, 5) is 12.1. The van der Waals surface area contributed by atoms with Crippen molar-refractivity contribution in [1.29, 1.82) is 0 Å². The Labute approximate surface area is 126 Å². The Morgan fingerprint density at radius 3 is 2.52 bits per heavy atom. The molecule has 2 rings (SSSR count). The number of benzene rings is 1. The van der Waals surface area contributed by atoms with Gasteiger partial charge < -0.3 is 15.2 Å². The fraction of sp³-hybridized carbons (Fsp3) is 0.588. The van der Waals surface area contributed by atoms with Gasteiger partial charge >= 0.3 is 0 Å². The van der Waals surface area contributed by atoms with Gasteiger partial charge in [-0.05, 0) is 55.9 Å². The van der Waals surface area contributed by atoms with Crippen molar-refractivity contribution >= 4 is 5.91 Å². The lowest BCUT2D eigenvalue weighted by molar-refractivity contribution is 0.0909. The molecule has 2 N–H and O–H groups in total. The molecule has 4 nitrogen and oxygen atoms in total. The molecule has 1 saturated carbocycles. The van der Waals surface area contributed by atoms with E-state index in [1.807, 2.05) is 19.1 Å². The molecule has 1 fully saturated rings. The van der Waals surface area contributed by atoms with Crippen LogP contribution in [0, 0.1) is 11.8 Å². The van der Waals surface area contributed by atoms with E-state index in [9.17, 15) is 9.90 Å². The molecule has 0 aliphatic heterocycles. The molecule has 21 heavy (non-hydrogen) atoms. The van der Waals surface area contributed by atoms with Crippen LogP contribution in [0.5, 0.6) is 5.75 Å². The minimum atomic E-state index is -0.0553. The number of nitrogens with one attached hydrogen (secondary N) is 1. The van der Waals surface area contributed by atoms with Gasteiger partial charge in [-0.2, -0.15) is 0 Å². The Kier molecular flexibility index (Phi) is 6.05. The first-order valence-corrected chi connectivity index (χ1v) is 7.86. The molecule has 116 valence electrons. The van der Waals surface area contributed by atoms with Gasteiger partial charge in [0, 0.05) is 18.7 Å². The molecule has 1 aromatic rings. The Bertz CT molecular complexity index is 444. The van der Waals surface area contributed by atoms with Crippen LogP contribution in [-0.2, 0) is 0 Å². The topological polar surface area (TPSA) is 58.6 Å². The van der Waals surface area contributed by atoms with Gasteiger partial charge in [0.1, 0.15) is 5.75 Å². The summed E-state index contributed by atoms with van der Waals surface area (Å²) in [5.41, 5.74) is 0.648. The fourth-order valence-corrected chi connectivity index (χ4v) is 2.99. The zero-order valence-corrected chi connectivity index (χ0v) is 12.7. The summed E-state index contributed by atoms with van der Waals surface area (Å²) in [6, 6.07) is 7.19. The van der Waals surface area contributed by atoms with Crippen LogP contribution >= 0.6 is 0 Å². The van der Waals surface area contributed by atoms with Crippen molar-refractivity contribution in [2.45, 2.75) is 32.6 Å². The lowest BCUT2D eigenvalue weighted by atomic mass is 9.79. The van der Waals surface area contributed by atoms with E-state index in [2.05, 4.69) is 5.32 Å². The highest BCUT2D eigenvalue weighted by atomic mass is 16.5. The van der Waals surface area contributed by atoms with Gasteiger partial charge in [0.25, 0.3) is 5.91 Å². The lowest BCUT2D eigenvalue weighted by Crippen LogP contribution is -2.35. The maximum Gasteiger partial charge on any atom is 0.251 e. The Balaban J connectivity index is 1.85. The van der Waals surface area contributed by atoms with Crippen LogP contribution in [0.2, 0.25) is 0 Å². The number of carbonyl (C=O) groups excluding carboxylic acids is 1. The summed E-state index contributed by atoms with van der Waals surface area (Å²) in [5, 5.41) is 12.4. The van der Waals surface area contributed by atoms with E-state index in [0.29, 0.717) is 30.6 Å². The maximum absolute atomic E-state index is 12.1. The van der Waals surface area contributed by atoms with Gasteiger partial charge in [0.05, 0.1) is 6.61 Å². The molecule has 0 aromatic heterocycles. The molecular formula is C17H25NO3. The highest BCUT2D eigenvalue weighted by Crippen LogP contribution is 2.29. The van der Waals surface area contributed by atoms with Gasteiger partial charge in [-0.25, -0.2) is 0 Å². The van der Waals surface area contributed by atoms with Crippen LogP contribution in [-0.4, -0.2) is 30.8 Å². The Morgan fingerprint density at radius 1 is 1.24 bits per heavy atom. The number of rotatable bonds is 6. The van der Waals surface area contributed by atoms with Gasteiger partial charge in [-0.15, -0.1) is 0 Å². The molecule has 0 radical (unpaired) electrons. The molecular weight excluding hydrogens is 266 g/mol. The third kappa shape index (κ3) is 4.46. The monoisotopic (exact) mass is 291 g/mol. The molecule has 1 aliphatic rings. The van der Waals surface area contributed by atoms with Crippen LogP contribution in [0.15, 0.2) is 24.3 Å². The minimum Gasteiger partial charge on any atom is -0.494 e. The summed E-state index contributed by atoms with van der Waals surface area (Å²) in [6.45, 7) is 3.43. The summed E-state index contributed by atoms with van der Waals surface area (Å²) in [6.07, 6.45) is 4.55. The molecule has 0 bridgehead atoms. The van der Waals surface area contributed by atoms with E-state index in [-0.39, 0.29) is 12.5 Å². The molecule has 2 unspecified atom stereocenters. The third-order valence-electron chi connectivity index (χ3n) is 4.25. The zero-order valence-electron chi connectivity index (χ0n) is 12.7. The average Bonchev–Trinajstić information content (AvgIpc) is 2.54. The highest BCUT2D eigenvalue weighted by Gasteiger charge is 2.24. The van der Waals surface area contributed by atoms with E-state index < -0.39 is 0 Å². The largest absolute Gasteiger partial charge is 0.494 e. The van der Waals surface area contributed by atoms with Crippen molar-refractivity contribution in [3.63, 3.8) is 0 Å². The van der Waals surface area contributed by atoms with Crippen LogP contribution in [0.25, 0.3) is 0 Å². The Hall–Kier alpha value is -1.55. The molecule has 0 saturated heterocycles. The SMILES string of the molecule is CCOc1ccc(C(=O)NCC2CCCCC2CO)cc1. The number of aliphatic hydroxyl groups excluding tert-OH is 1. The number of amides is 1. The Morgan fingerprint density at radius 2 is 1.90 bits per heavy atom. The molecule has 2 atom stereocenters. The second kappa shape index (κ2) is 8.03. The second-order valence-corrected chi connectivity index (χ2v) is 5.65. The van der Waals surface area contributed by atoms with Crippen molar-refractivity contribution in [2.75, 3.05) is 19.8 Å². The van der Waals surface area contributed by atoms with Gasteiger partial charge in [-0.3, -0.25) is 4.79 Å². The standard InChI is InChI=1S/C17H25NO3/c1-2-21-16-9-7-13(8-10-16)17(20)18-11-14-5-3-4-6-15(14)12-19/h7-10,14-15,19H,2-6,11-12H2,1H3,(H,18,20). The molecule has 1 aliphatic carbocycles. The van der Waals surface area contributed by atoms with E-state index >= 15 is 0 Å². The minimum absolute atomic E-state index is 0.0553. The molecule has 1 amide bonds. The number of carbonyl (C=O) groups is 1. The first-order chi connectivity index (χ1) is 10.2. The fourth-order valence-electron chi connectivity index (χ4n) is 2.99. The predicted molar refractivity (Wildman–Crippen MR) is 82.5 cm³/mol. The first-order valence-electron chi connectivity index (χ1n) is 7.86. The van der Waals surface area contributed by atoms with Crippen molar-refractivity contribution < 1.29 is 14.6 Å². The zero-order chi connectivity index (χ0) is 15.1. The molecule has 1 aromatic carbocycles. The molecule has 0 spiro atoms. The smallest absolute Gasteiger partial charge is 0.251 e. The lowest BCUT2D eigenvalue weighted by Gasteiger charge is -2.30. The van der Waals surface area contributed by atoms with Crippen LogP contribution in [0.3, 0.4) is 0 Å². The van der Waals surface area contributed by atoms with Gasteiger partial charge in [0.2, 0.25) is 0 Å². The number of hydrogen-bond acceptors (Lipinski definition) is 3. The third-order valence-corrected chi connectivity index (χ3v) is 4.25. The van der Waals surface area contributed by atoms with Crippen LogP contribution in [0.1, 0.15) is 43.0 Å². The predicted octanol–water partition coefficient (Wildman–Crippen LogP) is 2.61. The number of ether oxygens (including phenoxy) is 1. The average molecular weight is 291 g/mol. The van der Waals surface area contributed by atoms with Crippen LogP contribution in [0.4, 0.5) is 0 Å². The molecule has 0 heterocycles. The van der Waals surface area contributed by atoms with E-state index in [1.54, 1.807) is 12.1 Å². The maximum atomic E-state index is 12.1. The van der Waals surface area contributed by atoms with Crippen molar-refractivity contribution in [1.82, 2.24) is 5.32 Å². The van der Waals surface area contributed by atoms with E-state index in [1.165, 1.54) is 12.8 Å². The normalized spacial score (nSPS) is 21.8. The summed E-state index contributed by atoms with van der Waals surface area (Å²) in [5.74, 6) is 1.46. The van der Waals surface area contributed by atoms with E-state index in [0.717, 1.165) is 18.6 Å². The van der Waals surface area contributed by atoms with Crippen molar-refractivity contribution in [3.05, 3.63) is 29.8 Å². The van der Waals surface area contributed by atoms with Crippen molar-refractivity contribution in [3.8, 4) is 5.75 Å². The second-order valence-electron chi connectivity index (χ2n) is 5.65. The number of aliphatic hydroxyl groups is 1. The quantitative estimate of drug-likeness (QED) is 0.847. The van der Waals surface area contributed by atoms with Crippen molar-refractivity contribution in [2.24, 2.45) is 11.8 Å². The first kappa shape index (κ1) is 15.8. The highest BCUT2D eigenvalue weighted by molar-refractivity contribution is 5.94. The summed E-state index contributed by atoms with van der Waals surface area (Å²) >= 11 is 0.